The number of nitrogens with one attached hydrogen (secondary N) is 1. The summed E-state index contributed by atoms with van der Waals surface area (Å²) in [6.45, 7) is 0. The van der Waals surface area contributed by atoms with E-state index in [-0.39, 0.29) is 23.6 Å². The van der Waals surface area contributed by atoms with Gasteiger partial charge >= 0.3 is 5.97 Å². The number of hydrogen-bond donors (Lipinski definition) is 2. The third-order valence-corrected chi connectivity index (χ3v) is 3.77. The van der Waals surface area contributed by atoms with Crippen molar-refractivity contribution in [3.8, 4) is 0 Å². The van der Waals surface area contributed by atoms with Gasteiger partial charge in [-0.25, -0.2) is 0 Å². The van der Waals surface area contributed by atoms with E-state index >= 15 is 0 Å². The van der Waals surface area contributed by atoms with Gasteiger partial charge in [-0.3, -0.25) is 9.59 Å². The van der Waals surface area contributed by atoms with E-state index in [2.05, 4.69) is 5.32 Å². The van der Waals surface area contributed by atoms with Crippen molar-refractivity contribution < 1.29 is 19.1 Å². The van der Waals surface area contributed by atoms with Crippen molar-refractivity contribution in [1.82, 2.24) is 5.32 Å². The standard InChI is InChI=1S/C15H15NO4/c17-14(16-11-6-5-10(7-11)15(18)19)13-8-9-3-1-2-4-12(9)20-13/h1-4,8,10-11H,5-7H2,(H,16,17)(H,18,19)/t10-,11+/m0/s1. The molecule has 1 aromatic carbocycles. The Bertz CT molecular complexity index is 628. The number of rotatable bonds is 3. The van der Waals surface area contributed by atoms with E-state index in [0.29, 0.717) is 24.8 Å². The molecule has 1 saturated carbocycles. The Kier molecular flexibility index (Phi) is 3.18. The molecule has 1 fully saturated rings. The molecule has 3 rings (SSSR count). The van der Waals surface area contributed by atoms with E-state index in [0.717, 1.165) is 5.39 Å². The summed E-state index contributed by atoms with van der Waals surface area (Å²) in [4.78, 5) is 23.0. The largest absolute Gasteiger partial charge is 0.481 e. The molecule has 1 aromatic heterocycles. The van der Waals surface area contributed by atoms with Gasteiger partial charge in [0, 0.05) is 11.4 Å². The lowest BCUT2D eigenvalue weighted by molar-refractivity contribution is -0.141. The monoisotopic (exact) mass is 273 g/mol. The average Bonchev–Trinajstić information content (AvgIpc) is 3.04. The molecule has 0 radical (unpaired) electrons. The van der Waals surface area contributed by atoms with Crippen LogP contribution < -0.4 is 5.32 Å². The van der Waals surface area contributed by atoms with Crippen LogP contribution in [0.15, 0.2) is 34.7 Å². The zero-order chi connectivity index (χ0) is 14.1. The number of para-hydroxylation sites is 1. The van der Waals surface area contributed by atoms with Crippen LogP contribution in [0.2, 0.25) is 0 Å². The Balaban J connectivity index is 1.69. The van der Waals surface area contributed by atoms with E-state index in [1.807, 2.05) is 24.3 Å². The van der Waals surface area contributed by atoms with Crippen LogP contribution in [0.25, 0.3) is 11.0 Å². The molecule has 0 unspecified atom stereocenters. The molecule has 5 nitrogen and oxygen atoms in total. The maximum Gasteiger partial charge on any atom is 0.306 e. The van der Waals surface area contributed by atoms with Crippen LogP contribution in [0.4, 0.5) is 0 Å². The molecule has 2 aromatic rings. The SMILES string of the molecule is O=C(N[C@@H]1CC[C@H](C(=O)O)C1)c1cc2ccccc2o1. The zero-order valence-corrected chi connectivity index (χ0v) is 10.8. The van der Waals surface area contributed by atoms with Crippen molar-refractivity contribution in [2.24, 2.45) is 5.92 Å². The third kappa shape index (κ3) is 2.39. The van der Waals surface area contributed by atoms with Crippen molar-refractivity contribution in [1.29, 1.82) is 0 Å². The fourth-order valence-corrected chi connectivity index (χ4v) is 2.69. The number of carboxylic acid groups (broad SMARTS) is 1. The number of furan rings is 1. The first kappa shape index (κ1) is 12.7. The molecule has 1 aliphatic rings. The molecule has 0 spiro atoms. The maximum absolute atomic E-state index is 12.1. The van der Waals surface area contributed by atoms with E-state index in [1.165, 1.54) is 0 Å². The topological polar surface area (TPSA) is 79.5 Å². The summed E-state index contributed by atoms with van der Waals surface area (Å²) in [5.74, 6) is -1.15. The summed E-state index contributed by atoms with van der Waals surface area (Å²) >= 11 is 0. The van der Waals surface area contributed by atoms with Crippen molar-refractivity contribution in [3.63, 3.8) is 0 Å². The number of amides is 1. The third-order valence-electron chi connectivity index (χ3n) is 3.77. The first-order chi connectivity index (χ1) is 9.63. The van der Waals surface area contributed by atoms with Crippen molar-refractivity contribution in [2.45, 2.75) is 25.3 Å². The minimum Gasteiger partial charge on any atom is -0.481 e. The van der Waals surface area contributed by atoms with Gasteiger partial charge in [-0.05, 0) is 31.4 Å². The van der Waals surface area contributed by atoms with Crippen molar-refractivity contribution in [2.75, 3.05) is 0 Å². The molecule has 5 heteroatoms. The molecule has 104 valence electrons. The second-order valence-electron chi connectivity index (χ2n) is 5.17. The molecule has 1 heterocycles. The van der Waals surface area contributed by atoms with Crippen LogP contribution in [0.3, 0.4) is 0 Å². The van der Waals surface area contributed by atoms with Gasteiger partial charge in [-0.2, -0.15) is 0 Å². The van der Waals surface area contributed by atoms with Gasteiger partial charge < -0.3 is 14.8 Å². The zero-order valence-electron chi connectivity index (χ0n) is 10.8. The quantitative estimate of drug-likeness (QED) is 0.900. The maximum atomic E-state index is 12.1. The lowest BCUT2D eigenvalue weighted by Crippen LogP contribution is -2.33. The molecular formula is C15H15NO4. The highest BCUT2D eigenvalue weighted by molar-refractivity contribution is 5.96. The summed E-state index contributed by atoms with van der Waals surface area (Å²) in [7, 11) is 0. The summed E-state index contributed by atoms with van der Waals surface area (Å²) in [6.07, 6.45) is 1.80. The summed E-state index contributed by atoms with van der Waals surface area (Å²) in [6, 6.07) is 9.04. The number of carbonyl (C=O) groups is 2. The molecule has 0 aliphatic heterocycles. The minimum atomic E-state index is -0.787. The van der Waals surface area contributed by atoms with Crippen LogP contribution >= 0.6 is 0 Å². The summed E-state index contributed by atoms with van der Waals surface area (Å²) < 4.78 is 5.49. The van der Waals surface area contributed by atoms with Crippen molar-refractivity contribution >= 4 is 22.8 Å². The molecule has 2 N–H and O–H groups in total. The number of hydrogen-bond acceptors (Lipinski definition) is 3. The molecular weight excluding hydrogens is 258 g/mol. The fraction of sp³-hybridized carbons (Fsp3) is 0.333. The predicted octanol–water partition coefficient (Wildman–Crippen LogP) is 2.42. The number of carbonyl (C=O) groups excluding carboxylic acids is 1. The second-order valence-corrected chi connectivity index (χ2v) is 5.17. The van der Waals surface area contributed by atoms with E-state index < -0.39 is 5.97 Å². The first-order valence-electron chi connectivity index (χ1n) is 6.66. The molecule has 2 atom stereocenters. The average molecular weight is 273 g/mol. The summed E-state index contributed by atoms with van der Waals surface area (Å²) in [5, 5.41) is 12.7. The van der Waals surface area contributed by atoms with Gasteiger partial charge in [0.1, 0.15) is 5.58 Å². The number of benzene rings is 1. The molecule has 0 saturated heterocycles. The van der Waals surface area contributed by atoms with Gasteiger partial charge in [-0.15, -0.1) is 0 Å². The van der Waals surface area contributed by atoms with Crippen LogP contribution in [-0.2, 0) is 4.79 Å². The lowest BCUT2D eigenvalue weighted by Gasteiger charge is -2.10. The first-order valence-corrected chi connectivity index (χ1v) is 6.66. The van der Waals surface area contributed by atoms with E-state index in [4.69, 9.17) is 9.52 Å². The lowest BCUT2D eigenvalue weighted by atomic mass is 10.1. The van der Waals surface area contributed by atoms with Crippen molar-refractivity contribution in [3.05, 3.63) is 36.1 Å². The van der Waals surface area contributed by atoms with Gasteiger partial charge in [0.2, 0.25) is 0 Å². The molecule has 0 bridgehead atoms. The summed E-state index contributed by atoms with van der Waals surface area (Å²) in [5.41, 5.74) is 0.674. The fourth-order valence-electron chi connectivity index (χ4n) is 2.69. The van der Waals surface area contributed by atoms with Gasteiger partial charge in [0.15, 0.2) is 5.76 Å². The number of aliphatic carboxylic acids is 1. The second kappa shape index (κ2) is 5.00. The minimum absolute atomic E-state index is 0.0863. The van der Waals surface area contributed by atoms with Crippen LogP contribution in [-0.4, -0.2) is 23.0 Å². The van der Waals surface area contributed by atoms with Crippen LogP contribution in [0.1, 0.15) is 29.8 Å². The van der Waals surface area contributed by atoms with E-state index in [1.54, 1.807) is 6.07 Å². The molecule has 1 aliphatic carbocycles. The Morgan fingerprint density at radius 2 is 2.05 bits per heavy atom. The predicted molar refractivity (Wildman–Crippen MR) is 72.4 cm³/mol. The molecule has 1 amide bonds. The molecule has 20 heavy (non-hydrogen) atoms. The van der Waals surface area contributed by atoms with Gasteiger partial charge in [0.05, 0.1) is 5.92 Å². The van der Waals surface area contributed by atoms with E-state index in [9.17, 15) is 9.59 Å². The highest BCUT2D eigenvalue weighted by Crippen LogP contribution is 2.26. The Hall–Kier alpha value is -2.30. The Morgan fingerprint density at radius 3 is 2.75 bits per heavy atom. The highest BCUT2D eigenvalue weighted by atomic mass is 16.4. The van der Waals surface area contributed by atoms with Gasteiger partial charge in [-0.1, -0.05) is 18.2 Å². The van der Waals surface area contributed by atoms with Crippen LogP contribution in [0, 0.1) is 5.92 Å². The highest BCUT2D eigenvalue weighted by Gasteiger charge is 2.31. The number of carboxylic acids is 1. The smallest absolute Gasteiger partial charge is 0.306 e. The number of fused-ring (bicyclic) bond motifs is 1. The normalized spacial score (nSPS) is 22.0. The van der Waals surface area contributed by atoms with Gasteiger partial charge in [0.25, 0.3) is 5.91 Å². The van der Waals surface area contributed by atoms with Crippen LogP contribution in [0.5, 0.6) is 0 Å². The Labute approximate surface area is 115 Å². The Morgan fingerprint density at radius 1 is 1.25 bits per heavy atom.